The zero-order valence-electron chi connectivity index (χ0n) is 13.2. The first-order valence-corrected chi connectivity index (χ1v) is 6.33. The van der Waals surface area contributed by atoms with Crippen molar-refractivity contribution in [1.82, 2.24) is 0 Å². The van der Waals surface area contributed by atoms with E-state index in [2.05, 4.69) is 5.32 Å². The molecule has 7 heteroatoms. The molecule has 0 bridgehead atoms. The second-order valence-corrected chi connectivity index (χ2v) is 4.16. The first-order valence-electron chi connectivity index (χ1n) is 6.33. The largest absolute Gasteiger partial charge is 1.00 e. The first-order chi connectivity index (χ1) is 10.5. The van der Waals surface area contributed by atoms with E-state index >= 15 is 0 Å². The van der Waals surface area contributed by atoms with Gasteiger partial charge in [0.2, 0.25) is 0 Å². The van der Waals surface area contributed by atoms with Crippen LogP contribution in [0, 0.1) is 0 Å². The third-order valence-corrected chi connectivity index (χ3v) is 2.76. The van der Waals surface area contributed by atoms with Crippen LogP contribution in [0.25, 0.3) is 0 Å². The Morgan fingerprint density at radius 2 is 1.83 bits per heavy atom. The number of benzene rings is 2. The molecule has 0 unspecified atom stereocenters. The number of ether oxygens (including phenoxy) is 1. The number of aromatic hydroxyl groups is 1. The van der Waals surface area contributed by atoms with Gasteiger partial charge in [0.25, 0.3) is 0 Å². The van der Waals surface area contributed by atoms with E-state index in [4.69, 9.17) is 9.84 Å². The Kier molecular flexibility index (Phi) is 10.5. The first kappa shape index (κ1) is 21.6. The number of methoxy groups -OCH3 is 1. The number of hydrogen-bond acceptors (Lipinski definition) is 6. The van der Waals surface area contributed by atoms with Crippen molar-refractivity contribution >= 4 is 17.9 Å². The molecule has 0 aliphatic heterocycles. The van der Waals surface area contributed by atoms with Crippen LogP contribution in [-0.2, 0) is 0 Å². The number of carboxylic acids is 1. The minimum atomic E-state index is -1.38. The van der Waals surface area contributed by atoms with Gasteiger partial charge in [-0.25, -0.2) is 0 Å². The molecule has 0 aliphatic carbocycles. The molecule has 0 radical (unpaired) electrons. The summed E-state index contributed by atoms with van der Waals surface area (Å²) in [7, 11) is 3.27. The maximum absolute atomic E-state index is 10.3. The number of carbonyl (C=O) groups excluding carboxylic acids is 2. The molecule has 0 aliphatic rings. The summed E-state index contributed by atoms with van der Waals surface area (Å²) in [6.07, 6.45) is 0.805. The van der Waals surface area contributed by atoms with Gasteiger partial charge in [0, 0.05) is 29.9 Å². The van der Waals surface area contributed by atoms with Gasteiger partial charge in [-0.1, -0.05) is 0 Å². The number of phenols is 1. The van der Waals surface area contributed by atoms with E-state index < -0.39 is 5.97 Å². The summed E-state index contributed by atoms with van der Waals surface area (Å²) >= 11 is 0. The van der Waals surface area contributed by atoms with Gasteiger partial charge in [-0.05, 0) is 36.4 Å². The van der Waals surface area contributed by atoms with Crippen molar-refractivity contribution in [3.63, 3.8) is 0 Å². The molecule has 0 heterocycles. The molecular weight excluding hydrogens is 325 g/mol. The molecule has 0 amide bonds. The van der Waals surface area contributed by atoms with Crippen LogP contribution in [-0.4, -0.2) is 31.5 Å². The van der Waals surface area contributed by atoms with E-state index in [1.807, 2.05) is 0 Å². The monoisotopic (exact) mass is 341 g/mol. The van der Waals surface area contributed by atoms with Crippen molar-refractivity contribution in [2.45, 2.75) is 0 Å². The molecule has 116 valence electrons. The Morgan fingerprint density at radius 3 is 2.22 bits per heavy atom. The van der Waals surface area contributed by atoms with Crippen LogP contribution < -0.4 is 66.5 Å². The maximum Gasteiger partial charge on any atom is 1.00 e. The predicted octanol–water partition coefficient (Wildman–Crippen LogP) is -1.69. The quantitative estimate of drug-likeness (QED) is 0.509. The fourth-order valence-electron chi connectivity index (χ4n) is 1.54. The Balaban J connectivity index is 0.000000409. The van der Waals surface area contributed by atoms with E-state index in [-0.39, 0.29) is 62.7 Å². The number of hydrogen-bond donors (Lipinski definition) is 2. The van der Waals surface area contributed by atoms with Gasteiger partial charge in [0.05, 0.1) is 13.1 Å². The standard InChI is InChI=1S/C8H9NO3.C8H8O2.K/c1-9-5-2-3-6(8(11)12)7(10)4-5;1-10-8-4-2-7(6-9)3-5-8;/h2-4,9-10H,1H3,(H,11,12);2-6H,1H3;/q;;+1/p-1. The third kappa shape index (κ3) is 7.15. The van der Waals surface area contributed by atoms with E-state index in [0.29, 0.717) is 11.3 Å². The number of carbonyl (C=O) groups is 2. The van der Waals surface area contributed by atoms with Crippen molar-refractivity contribution in [2.75, 3.05) is 19.5 Å². The van der Waals surface area contributed by atoms with Gasteiger partial charge in [0.15, 0.2) is 0 Å². The molecule has 23 heavy (non-hydrogen) atoms. The van der Waals surface area contributed by atoms with Crippen molar-refractivity contribution < 1.29 is 75.9 Å². The van der Waals surface area contributed by atoms with Crippen LogP contribution in [0.15, 0.2) is 42.5 Å². The summed E-state index contributed by atoms with van der Waals surface area (Å²) in [4.78, 5) is 20.5. The molecule has 0 saturated carbocycles. The molecule has 0 aromatic heterocycles. The van der Waals surface area contributed by atoms with Gasteiger partial charge in [0.1, 0.15) is 17.8 Å². The number of nitrogens with one attached hydrogen (secondary N) is 1. The van der Waals surface area contributed by atoms with Crippen molar-refractivity contribution in [3.8, 4) is 11.5 Å². The number of anilines is 1. The summed E-state index contributed by atoms with van der Waals surface area (Å²) in [5.41, 5.74) is 1.12. The maximum atomic E-state index is 10.3. The van der Waals surface area contributed by atoms with Gasteiger partial charge in [-0.15, -0.1) is 0 Å². The Morgan fingerprint density at radius 1 is 1.22 bits per heavy atom. The van der Waals surface area contributed by atoms with Crippen molar-refractivity contribution in [3.05, 3.63) is 53.6 Å². The average Bonchev–Trinajstić information content (AvgIpc) is 2.55. The smallest absolute Gasteiger partial charge is 0.545 e. The van der Waals surface area contributed by atoms with Crippen LogP contribution in [0.4, 0.5) is 5.69 Å². The van der Waals surface area contributed by atoms with E-state index in [9.17, 15) is 14.7 Å². The predicted molar refractivity (Wildman–Crippen MR) is 80.4 cm³/mol. The Bertz CT molecular complexity index is 643. The molecule has 2 N–H and O–H groups in total. The second-order valence-electron chi connectivity index (χ2n) is 4.16. The third-order valence-electron chi connectivity index (χ3n) is 2.76. The zero-order chi connectivity index (χ0) is 16.5. The number of aromatic carboxylic acids is 1. The van der Waals surface area contributed by atoms with Crippen LogP contribution in [0.5, 0.6) is 11.5 Å². The molecule has 2 rings (SSSR count). The molecule has 2 aromatic rings. The molecular formula is C16H16KNO5. The average molecular weight is 341 g/mol. The number of carboxylic acid groups (broad SMARTS) is 1. The fourth-order valence-corrected chi connectivity index (χ4v) is 1.54. The van der Waals surface area contributed by atoms with Crippen molar-refractivity contribution in [2.24, 2.45) is 0 Å². The summed E-state index contributed by atoms with van der Waals surface area (Å²) in [6, 6.07) is 11.1. The molecule has 0 fully saturated rings. The summed E-state index contributed by atoms with van der Waals surface area (Å²) in [6.45, 7) is 0. The van der Waals surface area contributed by atoms with E-state index in [0.717, 1.165) is 12.0 Å². The number of rotatable bonds is 4. The molecule has 0 atom stereocenters. The Hall–Kier alpha value is -1.38. The van der Waals surface area contributed by atoms with E-state index in [1.54, 1.807) is 44.5 Å². The van der Waals surface area contributed by atoms with Crippen LogP contribution in [0.2, 0.25) is 0 Å². The molecule has 2 aromatic carbocycles. The normalized spacial score (nSPS) is 8.78. The SMILES string of the molecule is CNc1ccc(C(=O)[O-])c(O)c1.COc1ccc(C=O)cc1.[K+]. The van der Waals surface area contributed by atoms with Crippen LogP contribution >= 0.6 is 0 Å². The second kappa shape index (κ2) is 11.2. The minimum Gasteiger partial charge on any atom is -0.545 e. The van der Waals surface area contributed by atoms with Gasteiger partial charge in [-0.2, -0.15) is 0 Å². The van der Waals surface area contributed by atoms with Crippen LogP contribution in [0.1, 0.15) is 20.7 Å². The minimum absolute atomic E-state index is 0. The van der Waals surface area contributed by atoms with E-state index in [1.165, 1.54) is 12.1 Å². The Labute approximate surface area is 176 Å². The topological polar surface area (TPSA) is 98.7 Å². The summed E-state index contributed by atoms with van der Waals surface area (Å²) in [5.74, 6) is -0.900. The number of aldehydes is 1. The zero-order valence-corrected chi connectivity index (χ0v) is 16.3. The molecule has 6 nitrogen and oxygen atoms in total. The fraction of sp³-hybridized carbons (Fsp3) is 0.125. The van der Waals surface area contributed by atoms with Crippen molar-refractivity contribution in [1.29, 1.82) is 0 Å². The van der Waals surface area contributed by atoms with Gasteiger partial charge >= 0.3 is 51.4 Å². The molecule has 0 spiro atoms. The van der Waals surface area contributed by atoms with Gasteiger partial charge < -0.3 is 25.1 Å². The van der Waals surface area contributed by atoms with Gasteiger partial charge in [-0.3, -0.25) is 4.79 Å². The molecule has 0 saturated heterocycles. The summed E-state index contributed by atoms with van der Waals surface area (Å²) < 4.78 is 4.90. The summed E-state index contributed by atoms with van der Waals surface area (Å²) in [5, 5.41) is 22.2. The van der Waals surface area contributed by atoms with Crippen LogP contribution in [0.3, 0.4) is 0 Å².